The van der Waals surface area contributed by atoms with Gasteiger partial charge in [0.15, 0.2) is 0 Å². The van der Waals surface area contributed by atoms with Crippen LogP contribution in [0, 0.1) is 11.3 Å². The summed E-state index contributed by atoms with van der Waals surface area (Å²) >= 11 is 1.22. The number of nitrogens with one attached hydrogen (secondary N) is 1. The molecule has 2 aromatic rings. The zero-order chi connectivity index (χ0) is 14.2. The minimum atomic E-state index is 0.462. The first kappa shape index (κ1) is 14.3. The van der Waals surface area contributed by atoms with Gasteiger partial charge in [-0.15, -0.1) is 5.10 Å². The van der Waals surface area contributed by atoms with E-state index in [1.165, 1.54) is 11.5 Å². The number of nitrogens with two attached hydrogens (primary N) is 1. The number of nitrogens with zero attached hydrogens (tertiary/aromatic N) is 5. The topological polar surface area (TPSA) is 104 Å². The maximum atomic E-state index is 8.76. The Morgan fingerprint density at radius 2 is 2.35 bits per heavy atom. The van der Waals surface area contributed by atoms with Crippen LogP contribution in [0.5, 0.6) is 0 Å². The summed E-state index contributed by atoms with van der Waals surface area (Å²) in [6, 6.07) is 6.07. The number of hydrogen-bond acceptors (Lipinski definition) is 8. The molecule has 8 heteroatoms. The molecule has 0 spiro atoms. The molecule has 0 unspecified atom stereocenters. The molecule has 0 atom stereocenters. The molecule has 0 saturated carbocycles. The maximum absolute atomic E-state index is 8.76. The highest BCUT2D eigenvalue weighted by Crippen LogP contribution is 2.19. The number of hydrogen-bond donors (Lipinski definition) is 2. The molecule has 0 bridgehead atoms. The summed E-state index contributed by atoms with van der Waals surface area (Å²) in [5.41, 5.74) is 4.47. The molecule has 0 aliphatic heterocycles. The quantitative estimate of drug-likeness (QED) is 0.581. The van der Waals surface area contributed by atoms with E-state index in [9.17, 15) is 0 Å². The van der Waals surface area contributed by atoms with Gasteiger partial charge in [-0.05, 0) is 11.6 Å². The number of hydrazine groups is 1. The average Bonchev–Trinajstić information content (AvgIpc) is 2.93. The number of rotatable bonds is 7. The lowest BCUT2D eigenvalue weighted by atomic mass is 10.2. The number of nitrogen functional groups attached to an aromatic ring is 1. The summed E-state index contributed by atoms with van der Waals surface area (Å²) in [5, 5.41) is 13.6. The van der Waals surface area contributed by atoms with Gasteiger partial charge in [0.2, 0.25) is 0 Å². The van der Waals surface area contributed by atoms with Gasteiger partial charge in [0.25, 0.3) is 0 Å². The average molecular weight is 289 g/mol. The van der Waals surface area contributed by atoms with Crippen LogP contribution in [-0.2, 0) is 13.1 Å². The first-order valence-electron chi connectivity index (χ1n) is 6.09. The van der Waals surface area contributed by atoms with Crippen molar-refractivity contribution in [2.75, 3.05) is 12.0 Å². The molecular formula is C12H15N7S. The van der Waals surface area contributed by atoms with Gasteiger partial charge in [-0.2, -0.15) is 5.26 Å². The standard InChI is InChI=1S/C12H15N7S/c13-4-2-6-19(8-10-3-1-5-15-7-10)9-11-12(16-14)20-18-17-11/h1,3,5,7,16H,2,6,8-9,14H2. The Balaban J connectivity index is 2.05. The van der Waals surface area contributed by atoms with Gasteiger partial charge in [0, 0.05) is 50.0 Å². The third-order valence-corrected chi connectivity index (χ3v) is 3.43. The first-order chi connectivity index (χ1) is 9.83. The van der Waals surface area contributed by atoms with Gasteiger partial charge in [0.1, 0.15) is 10.7 Å². The minimum Gasteiger partial charge on any atom is -0.313 e. The third kappa shape index (κ3) is 3.96. The summed E-state index contributed by atoms with van der Waals surface area (Å²) in [6.45, 7) is 1.95. The third-order valence-electron chi connectivity index (χ3n) is 2.73. The molecule has 3 N–H and O–H groups in total. The summed E-state index contributed by atoms with van der Waals surface area (Å²) in [6.07, 6.45) is 4.02. The van der Waals surface area contributed by atoms with Gasteiger partial charge in [-0.25, -0.2) is 5.84 Å². The Hall–Kier alpha value is -2.08. The smallest absolute Gasteiger partial charge is 0.148 e. The zero-order valence-corrected chi connectivity index (χ0v) is 11.7. The normalized spacial score (nSPS) is 10.4. The van der Waals surface area contributed by atoms with Crippen LogP contribution in [0.4, 0.5) is 5.00 Å². The van der Waals surface area contributed by atoms with Crippen molar-refractivity contribution in [1.82, 2.24) is 19.5 Å². The van der Waals surface area contributed by atoms with Gasteiger partial charge >= 0.3 is 0 Å². The van der Waals surface area contributed by atoms with Crippen LogP contribution >= 0.6 is 11.5 Å². The highest BCUT2D eigenvalue weighted by atomic mass is 32.1. The predicted octanol–water partition coefficient (Wildman–Crippen LogP) is 1.13. The SMILES string of the molecule is N#CCCN(Cc1cccnc1)Cc1nnsc1NN. The summed E-state index contributed by atoms with van der Waals surface area (Å²) in [4.78, 5) is 6.22. The molecule has 0 aliphatic carbocycles. The van der Waals surface area contributed by atoms with Crippen LogP contribution in [0.25, 0.3) is 0 Å². The predicted molar refractivity (Wildman–Crippen MR) is 76.3 cm³/mol. The molecule has 0 radical (unpaired) electrons. The van der Waals surface area contributed by atoms with Gasteiger partial charge < -0.3 is 5.43 Å². The lowest BCUT2D eigenvalue weighted by Gasteiger charge is -2.20. The molecule has 7 nitrogen and oxygen atoms in total. The Morgan fingerprint density at radius 1 is 1.45 bits per heavy atom. The Labute approximate surface area is 121 Å². The molecule has 0 aromatic carbocycles. The van der Waals surface area contributed by atoms with Crippen molar-refractivity contribution >= 4 is 16.5 Å². The van der Waals surface area contributed by atoms with E-state index in [0.717, 1.165) is 16.3 Å². The minimum absolute atomic E-state index is 0.462. The summed E-state index contributed by atoms with van der Waals surface area (Å²) in [5.74, 6) is 5.42. The fourth-order valence-electron chi connectivity index (χ4n) is 1.81. The molecule has 2 heterocycles. The fourth-order valence-corrected chi connectivity index (χ4v) is 2.29. The van der Waals surface area contributed by atoms with E-state index in [2.05, 4.69) is 31.0 Å². The maximum Gasteiger partial charge on any atom is 0.148 e. The molecule has 0 amide bonds. The molecule has 0 aliphatic rings. The van der Waals surface area contributed by atoms with E-state index in [-0.39, 0.29) is 0 Å². The Bertz CT molecular complexity index is 563. The molecule has 2 rings (SSSR count). The van der Waals surface area contributed by atoms with Gasteiger partial charge in [-0.3, -0.25) is 9.88 Å². The van der Waals surface area contributed by atoms with E-state index in [1.54, 1.807) is 6.20 Å². The van der Waals surface area contributed by atoms with Gasteiger partial charge in [-0.1, -0.05) is 10.6 Å². The van der Waals surface area contributed by atoms with Crippen molar-refractivity contribution in [3.05, 3.63) is 35.8 Å². The lowest BCUT2D eigenvalue weighted by molar-refractivity contribution is 0.260. The zero-order valence-electron chi connectivity index (χ0n) is 10.9. The van der Waals surface area contributed by atoms with Crippen LogP contribution in [0.3, 0.4) is 0 Å². The molecule has 2 aromatic heterocycles. The summed E-state index contributed by atoms with van der Waals surface area (Å²) in [7, 11) is 0. The molecule has 0 saturated heterocycles. The Morgan fingerprint density at radius 3 is 3.05 bits per heavy atom. The van der Waals surface area contributed by atoms with E-state index in [0.29, 0.717) is 26.1 Å². The van der Waals surface area contributed by atoms with E-state index in [1.807, 2.05) is 18.3 Å². The summed E-state index contributed by atoms with van der Waals surface area (Å²) < 4.78 is 3.88. The highest BCUT2D eigenvalue weighted by molar-refractivity contribution is 7.10. The first-order valence-corrected chi connectivity index (χ1v) is 6.87. The molecule has 0 fully saturated rings. The lowest BCUT2D eigenvalue weighted by Crippen LogP contribution is -2.25. The Kier molecular flexibility index (Phi) is 5.37. The second-order valence-electron chi connectivity index (χ2n) is 4.17. The van der Waals surface area contributed by atoms with E-state index >= 15 is 0 Å². The van der Waals surface area contributed by atoms with Crippen molar-refractivity contribution in [3.8, 4) is 6.07 Å². The largest absolute Gasteiger partial charge is 0.313 e. The van der Waals surface area contributed by atoms with Crippen molar-refractivity contribution in [2.45, 2.75) is 19.5 Å². The second kappa shape index (κ2) is 7.49. The number of nitriles is 1. The molecule has 104 valence electrons. The van der Waals surface area contributed by atoms with Crippen LogP contribution < -0.4 is 11.3 Å². The molecule has 20 heavy (non-hydrogen) atoms. The number of pyridine rings is 1. The fraction of sp³-hybridized carbons (Fsp3) is 0.333. The monoisotopic (exact) mass is 289 g/mol. The van der Waals surface area contributed by atoms with Crippen LogP contribution in [0.15, 0.2) is 24.5 Å². The van der Waals surface area contributed by atoms with E-state index < -0.39 is 0 Å². The van der Waals surface area contributed by atoms with Crippen LogP contribution in [-0.4, -0.2) is 26.0 Å². The molecular weight excluding hydrogens is 274 g/mol. The highest BCUT2D eigenvalue weighted by Gasteiger charge is 2.13. The van der Waals surface area contributed by atoms with Crippen molar-refractivity contribution in [1.29, 1.82) is 5.26 Å². The van der Waals surface area contributed by atoms with Gasteiger partial charge in [0.05, 0.1) is 6.07 Å². The van der Waals surface area contributed by atoms with Crippen molar-refractivity contribution in [2.24, 2.45) is 5.84 Å². The number of anilines is 1. The van der Waals surface area contributed by atoms with Crippen LogP contribution in [0.2, 0.25) is 0 Å². The second-order valence-corrected chi connectivity index (χ2v) is 4.93. The van der Waals surface area contributed by atoms with Crippen LogP contribution in [0.1, 0.15) is 17.7 Å². The van der Waals surface area contributed by atoms with Crippen molar-refractivity contribution in [3.63, 3.8) is 0 Å². The van der Waals surface area contributed by atoms with E-state index in [4.69, 9.17) is 11.1 Å². The number of aromatic nitrogens is 3. The van der Waals surface area contributed by atoms with Crippen molar-refractivity contribution < 1.29 is 0 Å².